The minimum absolute atomic E-state index is 0.195. The Labute approximate surface area is 130 Å². The van der Waals surface area contributed by atoms with E-state index in [1.54, 1.807) is 42.5 Å². The van der Waals surface area contributed by atoms with Gasteiger partial charge in [0, 0.05) is 11.6 Å². The molecule has 21 heavy (non-hydrogen) atoms. The van der Waals surface area contributed by atoms with Gasteiger partial charge in [-0.15, -0.1) is 0 Å². The molecule has 0 aliphatic heterocycles. The van der Waals surface area contributed by atoms with Crippen molar-refractivity contribution in [1.29, 1.82) is 0 Å². The molecule has 112 valence electrons. The molecule has 2 aromatic carbocycles. The number of halogens is 1. The van der Waals surface area contributed by atoms with Gasteiger partial charge in [-0.25, -0.2) is 8.42 Å². The molecule has 0 heterocycles. The van der Waals surface area contributed by atoms with Crippen molar-refractivity contribution in [1.82, 2.24) is 0 Å². The second-order valence-corrected chi connectivity index (χ2v) is 6.72. The average Bonchev–Trinajstić information content (AvgIpc) is 2.46. The summed E-state index contributed by atoms with van der Waals surface area (Å²) in [6, 6.07) is 11.6. The van der Waals surface area contributed by atoms with Gasteiger partial charge in [0.1, 0.15) is 0 Å². The zero-order chi connectivity index (χ0) is 15.5. The first-order valence-corrected chi connectivity index (χ1v) is 8.42. The Morgan fingerprint density at radius 1 is 1.14 bits per heavy atom. The number of anilines is 1. The lowest BCUT2D eigenvalue weighted by Crippen LogP contribution is -2.14. The highest BCUT2D eigenvalue weighted by Crippen LogP contribution is 2.21. The van der Waals surface area contributed by atoms with Crippen molar-refractivity contribution in [2.24, 2.45) is 5.73 Å². The van der Waals surface area contributed by atoms with Gasteiger partial charge in [0.25, 0.3) is 10.0 Å². The van der Waals surface area contributed by atoms with Crippen LogP contribution in [0.5, 0.6) is 0 Å². The fraction of sp³-hybridized carbons (Fsp3) is 0.200. The van der Waals surface area contributed by atoms with E-state index >= 15 is 0 Å². The molecule has 2 aromatic rings. The summed E-state index contributed by atoms with van der Waals surface area (Å²) in [5.74, 6) is 0. The molecule has 0 fully saturated rings. The predicted octanol–water partition coefficient (Wildman–Crippen LogP) is 3.16. The van der Waals surface area contributed by atoms with Gasteiger partial charge in [0.05, 0.1) is 10.6 Å². The van der Waals surface area contributed by atoms with Gasteiger partial charge in [0.2, 0.25) is 0 Å². The third kappa shape index (κ3) is 3.75. The van der Waals surface area contributed by atoms with Crippen molar-refractivity contribution in [3.05, 3.63) is 58.6 Å². The van der Waals surface area contributed by atoms with E-state index in [0.717, 1.165) is 17.5 Å². The number of benzene rings is 2. The van der Waals surface area contributed by atoms with Crippen molar-refractivity contribution < 1.29 is 8.42 Å². The largest absolute Gasteiger partial charge is 0.326 e. The smallest absolute Gasteiger partial charge is 0.261 e. The highest BCUT2D eigenvalue weighted by molar-refractivity contribution is 7.92. The summed E-state index contributed by atoms with van der Waals surface area (Å²) < 4.78 is 27.3. The summed E-state index contributed by atoms with van der Waals surface area (Å²) in [5.41, 5.74) is 8.00. The summed E-state index contributed by atoms with van der Waals surface area (Å²) >= 11 is 5.86. The minimum Gasteiger partial charge on any atom is -0.326 e. The van der Waals surface area contributed by atoms with Crippen LogP contribution in [-0.4, -0.2) is 8.42 Å². The molecular formula is C15H17ClN2O2S. The molecule has 6 heteroatoms. The van der Waals surface area contributed by atoms with Crippen LogP contribution in [0.2, 0.25) is 5.02 Å². The van der Waals surface area contributed by atoms with Crippen molar-refractivity contribution in [2.75, 3.05) is 4.72 Å². The van der Waals surface area contributed by atoms with Crippen LogP contribution >= 0.6 is 11.6 Å². The normalized spacial score (nSPS) is 11.4. The summed E-state index contributed by atoms with van der Waals surface area (Å²) in [7, 11) is -3.65. The predicted molar refractivity (Wildman–Crippen MR) is 86.0 cm³/mol. The van der Waals surface area contributed by atoms with Crippen LogP contribution in [0.25, 0.3) is 0 Å². The molecule has 0 radical (unpaired) electrons. The number of nitrogens with two attached hydrogens (primary N) is 1. The van der Waals surface area contributed by atoms with E-state index < -0.39 is 10.0 Å². The number of hydrogen-bond acceptors (Lipinski definition) is 3. The number of sulfonamides is 1. The molecule has 0 unspecified atom stereocenters. The van der Waals surface area contributed by atoms with Gasteiger partial charge in [-0.1, -0.05) is 30.7 Å². The van der Waals surface area contributed by atoms with Gasteiger partial charge in [-0.3, -0.25) is 4.72 Å². The molecule has 0 atom stereocenters. The van der Waals surface area contributed by atoms with E-state index in [1.165, 1.54) is 0 Å². The zero-order valence-electron chi connectivity index (χ0n) is 11.6. The summed E-state index contributed by atoms with van der Waals surface area (Å²) in [6.45, 7) is 2.32. The zero-order valence-corrected chi connectivity index (χ0v) is 13.2. The van der Waals surface area contributed by atoms with Crippen molar-refractivity contribution in [3.63, 3.8) is 0 Å². The first-order valence-electron chi connectivity index (χ1n) is 6.56. The maximum Gasteiger partial charge on any atom is 0.261 e. The third-order valence-electron chi connectivity index (χ3n) is 3.17. The highest BCUT2D eigenvalue weighted by Gasteiger charge is 2.15. The number of nitrogens with one attached hydrogen (secondary N) is 1. The van der Waals surface area contributed by atoms with Crippen molar-refractivity contribution >= 4 is 27.3 Å². The van der Waals surface area contributed by atoms with Crippen molar-refractivity contribution in [2.45, 2.75) is 24.8 Å². The van der Waals surface area contributed by atoms with Gasteiger partial charge in [0.15, 0.2) is 0 Å². The van der Waals surface area contributed by atoms with Crippen molar-refractivity contribution in [3.8, 4) is 0 Å². The number of hydrogen-bond donors (Lipinski definition) is 2. The molecule has 0 aliphatic rings. The highest BCUT2D eigenvalue weighted by atomic mass is 35.5. The average molecular weight is 325 g/mol. The molecule has 4 nitrogen and oxygen atoms in total. The number of aryl methyl sites for hydroxylation is 1. The molecule has 0 spiro atoms. The van der Waals surface area contributed by atoms with Gasteiger partial charge in [-0.05, 0) is 47.9 Å². The lowest BCUT2D eigenvalue weighted by molar-refractivity contribution is 0.601. The van der Waals surface area contributed by atoms with E-state index in [1.807, 2.05) is 6.92 Å². The Morgan fingerprint density at radius 3 is 2.52 bits per heavy atom. The van der Waals surface area contributed by atoms with Gasteiger partial charge >= 0.3 is 0 Å². The topological polar surface area (TPSA) is 72.2 Å². The Balaban J connectivity index is 2.35. The van der Waals surface area contributed by atoms with Crippen LogP contribution in [0.3, 0.4) is 0 Å². The van der Waals surface area contributed by atoms with Gasteiger partial charge < -0.3 is 5.73 Å². The molecule has 2 rings (SSSR count). The molecule has 0 amide bonds. The number of rotatable bonds is 5. The van der Waals surface area contributed by atoms with Crippen LogP contribution in [0.15, 0.2) is 47.4 Å². The van der Waals surface area contributed by atoms with E-state index in [-0.39, 0.29) is 4.90 Å². The molecular weight excluding hydrogens is 308 g/mol. The third-order valence-corrected chi connectivity index (χ3v) is 4.78. The second-order valence-electron chi connectivity index (χ2n) is 4.60. The van der Waals surface area contributed by atoms with E-state index in [0.29, 0.717) is 17.3 Å². The Bertz CT molecular complexity index is 745. The van der Waals surface area contributed by atoms with Gasteiger partial charge in [-0.2, -0.15) is 0 Å². The standard InChI is InChI=1S/C15H17ClN2O2S/c1-2-11-6-7-15(8-12(11)10-17)21(19,20)18-14-5-3-4-13(16)9-14/h3-9,18H,2,10,17H2,1H3. The molecule has 0 saturated heterocycles. The first-order chi connectivity index (χ1) is 9.96. The molecule has 0 aliphatic carbocycles. The lowest BCUT2D eigenvalue weighted by atomic mass is 10.1. The Kier molecular flexibility index (Phi) is 4.88. The second kappa shape index (κ2) is 6.47. The van der Waals surface area contributed by atoms with Crippen LogP contribution in [0, 0.1) is 0 Å². The molecule has 0 bridgehead atoms. The Morgan fingerprint density at radius 2 is 1.90 bits per heavy atom. The SMILES string of the molecule is CCc1ccc(S(=O)(=O)Nc2cccc(Cl)c2)cc1CN. The molecule has 0 aromatic heterocycles. The summed E-state index contributed by atoms with van der Waals surface area (Å²) in [4.78, 5) is 0.195. The molecule has 0 saturated carbocycles. The van der Waals surface area contributed by atoms with E-state index in [9.17, 15) is 8.42 Å². The van der Waals surface area contributed by atoms with Crippen LogP contribution in [0.1, 0.15) is 18.1 Å². The monoisotopic (exact) mass is 324 g/mol. The van der Waals surface area contributed by atoms with Crippen LogP contribution in [0.4, 0.5) is 5.69 Å². The maximum absolute atomic E-state index is 12.4. The minimum atomic E-state index is -3.65. The van der Waals surface area contributed by atoms with Crippen LogP contribution < -0.4 is 10.5 Å². The lowest BCUT2D eigenvalue weighted by Gasteiger charge is -2.11. The molecule has 3 N–H and O–H groups in total. The fourth-order valence-corrected chi connectivity index (χ4v) is 3.36. The van der Waals surface area contributed by atoms with Crippen LogP contribution in [-0.2, 0) is 23.0 Å². The maximum atomic E-state index is 12.4. The first kappa shape index (κ1) is 15.8. The van der Waals surface area contributed by atoms with E-state index in [2.05, 4.69) is 4.72 Å². The van der Waals surface area contributed by atoms with E-state index in [4.69, 9.17) is 17.3 Å². The fourth-order valence-electron chi connectivity index (χ4n) is 2.07. The summed E-state index contributed by atoms with van der Waals surface area (Å²) in [5, 5.41) is 0.471. The Hall–Kier alpha value is -1.56. The summed E-state index contributed by atoms with van der Waals surface area (Å²) in [6.07, 6.45) is 0.814. The quantitative estimate of drug-likeness (QED) is 0.887.